The van der Waals surface area contributed by atoms with Crippen LogP contribution < -0.4 is 0 Å². The lowest BCUT2D eigenvalue weighted by Gasteiger charge is -2.09. The molecule has 0 fully saturated rings. The van der Waals surface area contributed by atoms with E-state index in [1.165, 1.54) is 24.8 Å². The summed E-state index contributed by atoms with van der Waals surface area (Å²) in [7, 11) is 0. The van der Waals surface area contributed by atoms with Gasteiger partial charge in [-0.1, -0.05) is 32.4 Å². The maximum absolute atomic E-state index is 10.5. The van der Waals surface area contributed by atoms with Crippen LogP contribution >= 0.6 is 0 Å². The Hall–Kier alpha value is -0.590. The van der Waals surface area contributed by atoms with Crippen LogP contribution in [0.15, 0.2) is 11.6 Å². The van der Waals surface area contributed by atoms with E-state index < -0.39 is 0 Å². The van der Waals surface area contributed by atoms with Gasteiger partial charge in [0.15, 0.2) is 0 Å². The minimum Gasteiger partial charge on any atom is -0.303 e. The molecule has 2 atom stereocenters. The summed E-state index contributed by atoms with van der Waals surface area (Å²) in [5, 5.41) is 0. The van der Waals surface area contributed by atoms with Gasteiger partial charge in [-0.15, -0.1) is 0 Å². The van der Waals surface area contributed by atoms with E-state index in [4.69, 9.17) is 0 Å². The Kier molecular flexibility index (Phi) is 4.37. The van der Waals surface area contributed by atoms with Gasteiger partial charge in [-0.05, 0) is 37.5 Å². The standard InChI is InChI=1S/C13H22O/c1-10(2)6-12-4-5-13(8-12)7-11(3)9-14/h8-12H,4-7H2,1-3H3. The predicted octanol–water partition coefficient (Wildman–Crippen LogP) is 3.59. The Morgan fingerprint density at radius 2 is 2.21 bits per heavy atom. The van der Waals surface area contributed by atoms with E-state index in [1.54, 1.807) is 0 Å². The summed E-state index contributed by atoms with van der Waals surface area (Å²) in [6.07, 6.45) is 8.29. The minimum absolute atomic E-state index is 0.207. The number of carbonyl (C=O) groups is 1. The molecule has 1 aliphatic rings. The first kappa shape index (κ1) is 11.5. The van der Waals surface area contributed by atoms with Crippen LogP contribution in [0.2, 0.25) is 0 Å². The lowest BCUT2D eigenvalue weighted by molar-refractivity contribution is -0.110. The highest BCUT2D eigenvalue weighted by Gasteiger charge is 2.17. The molecule has 0 aromatic heterocycles. The first-order valence-corrected chi connectivity index (χ1v) is 5.76. The summed E-state index contributed by atoms with van der Waals surface area (Å²) in [5.41, 5.74) is 1.51. The fraction of sp³-hybridized carbons (Fsp3) is 0.769. The molecule has 0 bridgehead atoms. The van der Waals surface area contributed by atoms with E-state index in [9.17, 15) is 4.79 Å². The highest BCUT2D eigenvalue weighted by Crippen LogP contribution is 2.31. The molecular formula is C13H22O. The van der Waals surface area contributed by atoms with Crippen LogP contribution in [0.5, 0.6) is 0 Å². The molecule has 0 radical (unpaired) electrons. The highest BCUT2D eigenvalue weighted by molar-refractivity contribution is 5.53. The van der Waals surface area contributed by atoms with Crippen molar-refractivity contribution in [2.75, 3.05) is 0 Å². The normalized spacial score (nSPS) is 23.7. The van der Waals surface area contributed by atoms with Crippen molar-refractivity contribution in [1.82, 2.24) is 0 Å². The van der Waals surface area contributed by atoms with Crippen molar-refractivity contribution >= 4 is 6.29 Å². The number of hydrogen-bond acceptors (Lipinski definition) is 1. The molecule has 0 heterocycles. The SMILES string of the molecule is CC(C)CC1C=C(CC(C)C=O)CC1. The van der Waals surface area contributed by atoms with Gasteiger partial charge >= 0.3 is 0 Å². The molecule has 0 aromatic carbocycles. The fourth-order valence-corrected chi connectivity index (χ4v) is 2.29. The molecule has 80 valence electrons. The molecule has 1 aliphatic carbocycles. The maximum Gasteiger partial charge on any atom is 0.123 e. The Morgan fingerprint density at radius 1 is 1.50 bits per heavy atom. The van der Waals surface area contributed by atoms with Crippen molar-refractivity contribution in [3.05, 3.63) is 11.6 Å². The average Bonchev–Trinajstić information content (AvgIpc) is 2.51. The zero-order chi connectivity index (χ0) is 10.6. The van der Waals surface area contributed by atoms with Gasteiger partial charge in [0, 0.05) is 5.92 Å². The van der Waals surface area contributed by atoms with Gasteiger partial charge in [-0.25, -0.2) is 0 Å². The van der Waals surface area contributed by atoms with Crippen LogP contribution in [-0.4, -0.2) is 6.29 Å². The van der Waals surface area contributed by atoms with Crippen molar-refractivity contribution in [2.24, 2.45) is 17.8 Å². The zero-order valence-corrected chi connectivity index (χ0v) is 9.62. The van der Waals surface area contributed by atoms with Crippen LogP contribution in [0, 0.1) is 17.8 Å². The topological polar surface area (TPSA) is 17.1 Å². The summed E-state index contributed by atoms with van der Waals surface area (Å²) >= 11 is 0. The van der Waals surface area contributed by atoms with Gasteiger partial charge < -0.3 is 4.79 Å². The van der Waals surface area contributed by atoms with Gasteiger partial charge in [0.05, 0.1) is 0 Å². The molecule has 0 amide bonds. The second-order valence-electron chi connectivity index (χ2n) is 5.07. The van der Waals surface area contributed by atoms with Crippen LogP contribution in [0.3, 0.4) is 0 Å². The van der Waals surface area contributed by atoms with Crippen LogP contribution in [0.4, 0.5) is 0 Å². The second kappa shape index (κ2) is 5.33. The van der Waals surface area contributed by atoms with Crippen molar-refractivity contribution in [3.63, 3.8) is 0 Å². The second-order valence-corrected chi connectivity index (χ2v) is 5.07. The molecule has 0 saturated heterocycles. The van der Waals surface area contributed by atoms with Crippen molar-refractivity contribution in [3.8, 4) is 0 Å². The van der Waals surface area contributed by atoms with Crippen LogP contribution in [0.1, 0.15) is 46.5 Å². The number of hydrogen-bond donors (Lipinski definition) is 0. The summed E-state index contributed by atoms with van der Waals surface area (Å²) in [6.45, 7) is 6.56. The number of allylic oxidation sites excluding steroid dienone is 2. The van der Waals surface area contributed by atoms with E-state index in [-0.39, 0.29) is 5.92 Å². The van der Waals surface area contributed by atoms with Crippen LogP contribution in [0.25, 0.3) is 0 Å². The largest absolute Gasteiger partial charge is 0.303 e. The molecule has 0 saturated carbocycles. The van der Waals surface area contributed by atoms with Crippen molar-refractivity contribution in [1.29, 1.82) is 0 Å². The van der Waals surface area contributed by atoms with Gasteiger partial charge in [0.25, 0.3) is 0 Å². The van der Waals surface area contributed by atoms with Gasteiger partial charge in [0.2, 0.25) is 0 Å². The Bertz CT molecular complexity index is 215. The highest BCUT2D eigenvalue weighted by atomic mass is 16.1. The third-order valence-corrected chi connectivity index (χ3v) is 2.90. The molecule has 1 nitrogen and oxygen atoms in total. The van der Waals surface area contributed by atoms with Crippen LogP contribution in [-0.2, 0) is 4.79 Å². The average molecular weight is 194 g/mol. The quantitative estimate of drug-likeness (QED) is 0.483. The molecule has 0 N–H and O–H groups in total. The third kappa shape index (κ3) is 3.65. The van der Waals surface area contributed by atoms with Gasteiger partial charge in [-0.2, -0.15) is 0 Å². The molecule has 1 rings (SSSR count). The third-order valence-electron chi connectivity index (χ3n) is 2.90. The molecular weight excluding hydrogens is 172 g/mol. The molecule has 14 heavy (non-hydrogen) atoms. The summed E-state index contributed by atoms with van der Waals surface area (Å²) in [6, 6.07) is 0. The van der Waals surface area contributed by atoms with E-state index >= 15 is 0 Å². The zero-order valence-electron chi connectivity index (χ0n) is 9.62. The Morgan fingerprint density at radius 3 is 2.79 bits per heavy atom. The number of rotatable bonds is 5. The van der Waals surface area contributed by atoms with Gasteiger partial charge in [0.1, 0.15) is 6.29 Å². The lowest BCUT2D eigenvalue weighted by atomic mass is 9.97. The number of carbonyl (C=O) groups excluding carboxylic acids is 1. The minimum atomic E-state index is 0.207. The fourth-order valence-electron chi connectivity index (χ4n) is 2.29. The first-order valence-electron chi connectivity index (χ1n) is 5.76. The summed E-state index contributed by atoms with van der Waals surface area (Å²) in [4.78, 5) is 10.5. The van der Waals surface area contributed by atoms with E-state index in [0.717, 1.165) is 24.5 Å². The molecule has 0 aliphatic heterocycles. The monoisotopic (exact) mass is 194 g/mol. The van der Waals surface area contributed by atoms with Crippen molar-refractivity contribution < 1.29 is 4.79 Å². The van der Waals surface area contributed by atoms with E-state index in [2.05, 4.69) is 19.9 Å². The Balaban J connectivity index is 2.38. The van der Waals surface area contributed by atoms with E-state index in [0.29, 0.717) is 0 Å². The molecule has 1 heteroatoms. The summed E-state index contributed by atoms with van der Waals surface area (Å²) < 4.78 is 0. The van der Waals surface area contributed by atoms with Gasteiger partial charge in [-0.3, -0.25) is 0 Å². The number of aldehydes is 1. The summed E-state index contributed by atoms with van der Waals surface area (Å²) in [5.74, 6) is 1.78. The molecule has 2 unspecified atom stereocenters. The maximum atomic E-state index is 10.5. The molecule has 0 spiro atoms. The van der Waals surface area contributed by atoms with E-state index in [1.807, 2.05) is 6.92 Å². The van der Waals surface area contributed by atoms with Crippen molar-refractivity contribution in [2.45, 2.75) is 46.5 Å². The smallest absolute Gasteiger partial charge is 0.123 e. The Labute approximate surface area is 87.6 Å². The molecule has 0 aromatic rings. The first-order chi connectivity index (χ1) is 6.61. The lowest BCUT2D eigenvalue weighted by Crippen LogP contribution is -1.97. The predicted molar refractivity (Wildman–Crippen MR) is 60.1 cm³/mol.